The third-order valence-corrected chi connectivity index (χ3v) is 1.94. The minimum Gasteiger partial charge on any atom is -0.379 e. The molecule has 1 saturated heterocycles. The van der Waals surface area contributed by atoms with Crippen LogP contribution in [-0.4, -0.2) is 31.3 Å². The number of pyridine rings is 1. The highest BCUT2D eigenvalue weighted by atomic mass is 79.9. The van der Waals surface area contributed by atoms with Crippen LogP contribution in [0.25, 0.3) is 0 Å². The lowest BCUT2D eigenvalue weighted by atomic mass is 10.5. The molecule has 1 aromatic rings. The fraction of sp³-hybridized carbons (Fsp3) is 0.444. The summed E-state index contributed by atoms with van der Waals surface area (Å²) in [5, 5.41) is 3.16. The lowest BCUT2D eigenvalue weighted by Crippen LogP contribution is -2.30. The maximum absolute atomic E-state index is 5.01. The first-order chi connectivity index (χ1) is 6.39. The SMILES string of the molecule is Brc1cccnc1.C1COCCN1. The van der Waals surface area contributed by atoms with Crippen molar-refractivity contribution < 1.29 is 4.74 Å². The van der Waals surface area contributed by atoms with Gasteiger partial charge in [-0.3, -0.25) is 4.98 Å². The summed E-state index contributed by atoms with van der Waals surface area (Å²) in [5.41, 5.74) is 0. The highest BCUT2D eigenvalue weighted by Crippen LogP contribution is 2.02. The molecule has 1 aliphatic heterocycles. The van der Waals surface area contributed by atoms with Crippen LogP contribution in [0.4, 0.5) is 0 Å². The summed E-state index contributed by atoms with van der Waals surface area (Å²) < 4.78 is 6.03. The summed E-state index contributed by atoms with van der Waals surface area (Å²) >= 11 is 3.25. The smallest absolute Gasteiger partial charge is 0.0591 e. The zero-order chi connectivity index (χ0) is 9.36. The molecule has 1 aliphatic rings. The first-order valence-electron chi connectivity index (χ1n) is 4.23. The topological polar surface area (TPSA) is 34.1 Å². The molecule has 2 rings (SSSR count). The lowest BCUT2D eigenvalue weighted by molar-refractivity contribution is 0.109. The van der Waals surface area contributed by atoms with E-state index in [2.05, 4.69) is 26.2 Å². The van der Waals surface area contributed by atoms with Gasteiger partial charge in [0.15, 0.2) is 0 Å². The maximum Gasteiger partial charge on any atom is 0.0591 e. The largest absolute Gasteiger partial charge is 0.379 e. The molecule has 0 spiro atoms. The number of nitrogens with zero attached hydrogens (tertiary/aromatic N) is 1. The zero-order valence-electron chi connectivity index (χ0n) is 7.37. The van der Waals surface area contributed by atoms with Gasteiger partial charge in [-0.2, -0.15) is 0 Å². The van der Waals surface area contributed by atoms with Gasteiger partial charge in [-0.25, -0.2) is 0 Å². The fourth-order valence-electron chi connectivity index (χ4n) is 0.858. The van der Waals surface area contributed by atoms with E-state index in [0.29, 0.717) is 0 Å². The zero-order valence-corrected chi connectivity index (χ0v) is 8.96. The normalized spacial score (nSPS) is 15.8. The molecule has 0 atom stereocenters. The standard InChI is InChI=1S/C5H4BrN.C4H9NO/c6-5-2-1-3-7-4-5;1-3-6-4-2-5-1/h1-4H;5H,1-4H2. The van der Waals surface area contributed by atoms with Crippen LogP contribution in [0.1, 0.15) is 0 Å². The Labute approximate surface area is 86.6 Å². The van der Waals surface area contributed by atoms with E-state index in [9.17, 15) is 0 Å². The average Bonchev–Trinajstić information content (AvgIpc) is 2.22. The number of hydrogen-bond acceptors (Lipinski definition) is 3. The van der Waals surface area contributed by atoms with E-state index in [4.69, 9.17) is 4.74 Å². The highest BCUT2D eigenvalue weighted by Gasteiger charge is 1.92. The minimum absolute atomic E-state index is 0.889. The second kappa shape index (κ2) is 7.00. The monoisotopic (exact) mass is 244 g/mol. The molecule has 0 aromatic carbocycles. The number of ether oxygens (including phenoxy) is 1. The number of halogens is 1. The van der Waals surface area contributed by atoms with Crippen LogP contribution in [0, 0.1) is 0 Å². The molecular weight excluding hydrogens is 232 g/mol. The van der Waals surface area contributed by atoms with Crippen molar-refractivity contribution in [2.24, 2.45) is 0 Å². The number of morpholine rings is 1. The quantitative estimate of drug-likeness (QED) is 0.751. The number of hydrogen-bond donors (Lipinski definition) is 1. The number of rotatable bonds is 0. The Morgan fingerprint density at radius 1 is 1.38 bits per heavy atom. The lowest BCUT2D eigenvalue weighted by Gasteiger charge is -2.10. The van der Waals surface area contributed by atoms with E-state index in [0.717, 1.165) is 30.8 Å². The molecular formula is C9H13BrN2O. The van der Waals surface area contributed by atoms with Crippen LogP contribution in [0.2, 0.25) is 0 Å². The van der Waals surface area contributed by atoms with E-state index < -0.39 is 0 Å². The highest BCUT2D eigenvalue weighted by molar-refractivity contribution is 9.10. The fourth-order valence-corrected chi connectivity index (χ4v) is 1.13. The molecule has 1 aromatic heterocycles. The van der Waals surface area contributed by atoms with Gasteiger partial charge in [0.2, 0.25) is 0 Å². The van der Waals surface area contributed by atoms with Crippen LogP contribution in [0.15, 0.2) is 29.0 Å². The molecule has 0 aliphatic carbocycles. The van der Waals surface area contributed by atoms with E-state index in [-0.39, 0.29) is 0 Å². The van der Waals surface area contributed by atoms with Crippen molar-refractivity contribution in [1.82, 2.24) is 10.3 Å². The molecule has 4 heteroatoms. The molecule has 3 nitrogen and oxygen atoms in total. The first-order valence-corrected chi connectivity index (χ1v) is 5.03. The van der Waals surface area contributed by atoms with Crippen molar-refractivity contribution >= 4 is 15.9 Å². The Bertz CT molecular complexity index is 203. The van der Waals surface area contributed by atoms with Crippen LogP contribution in [-0.2, 0) is 4.74 Å². The van der Waals surface area contributed by atoms with E-state index in [1.165, 1.54) is 0 Å². The Balaban J connectivity index is 0.000000132. The van der Waals surface area contributed by atoms with Crippen molar-refractivity contribution in [3.05, 3.63) is 29.0 Å². The third-order valence-electron chi connectivity index (χ3n) is 1.47. The van der Waals surface area contributed by atoms with Crippen molar-refractivity contribution in [3.63, 3.8) is 0 Å². The first kappa shape index (κ1) is 10.6. The molecule has 1 fully saturated rings. The van der Waals surface area contributed by atoms with Gasteiger partial charge >= 0.3 is 0 Å². The van der Waals surface area contributed by atoms with Gasteiger partial charge < -0.3 is 10.1 Å². The molecule has 0 bridgehead atoms. The molecule has 0 unspecified atom stereocenters. The molecule has 13 heavy (non-hydrogen) atoms. The van der Waals surface area contributed by atoms with E-state index in [1.54, 1.807) is 12.4 Å². The molecule has 0 saturated carbocycles. The van der Waals surface area contributed by atoms with Gasteiger partial charge in [0.25, 0.3) is 0 Å². The van der Waals surface area contributed by atoms with Gasteiger partial charge in [0.05, 0.1) is 13.2 Å². The molecule has 72 valence electrons. The summed E-state index contributed by atoms with van der Waals surface area (Å²) in [5.74, 6) is 0. The van der Waals surface area contributed by atoms with Crippen LogP contribution in [0.3, 0.4) is 0 Å². The van der Waals surface area contributed by atoms with Crippen molar-refractivity contribution in [2.75, 3.05) is 26.3 Å². The predicted molar refractivity (Wildman–Crippen MR) is 55.6 cm³/mol. The van der Waals surface area contributed by atoms with Gasteiger partial charge in [0.1, 0.15) is 0 Å². The summed E-state index contributed by atoms with van der Waals surface area (Å²) in [4.78, 5) is 3.84. The molecule has 1 N–H and O–H groups in total. The van der Waals surface area contributed by atoms with Gasteiger partial charge in [-0.05, 0) is 28.1 Å². The minimum atomic E-state index is 0.889. The molecule has 2 heterocycles. The molecule has 0 radical (unpaired) electrons. The van der Waals surface area contributed by atoms with E-state index >= 15 is 0 Å². The van der Waals surface area contributed by atoms with Crippen molar-refractivity contribution in [2.45, 2.75) is 0 Å². The second-order valence-corrected chi connectivity index (χ2v) is 3.45. The Morgan fingerprint density at radius 2 is 2.15 bits per heavy atom. The number of nitrogens with one attached hydrogen (secondary N) is 1. The summed E-state index contributed by atoms with van der Waals surface area (Å²) in [6.07, 6.45) is 3.49. The molecule has 0 amide bonds. The van der Waals surface area contributed by atoms with Crippen LogP contribution < -0.4 is 5.32 Å². The summed E-state index contributed by atoms with van der Waals surface area (Å²) in [6.45, 7) is 3.83. The van der Waals surface area contributed by atoms with Crippen LogP contribution >= 0.6 is 15.9 Å². The van der Waals surface area contributed by atoms with Crippen LogP contribution in [0.5, 0.6) is 0 Å². The van der Waals surface area contributed by atoms with Gasteiger partial charge in [-0.15, -0.1) is 0 Å². The Kier molecular flexibility index (Phi) is 5.73. The average molecular weight is 245 g/mol. The Hall–Kier alpha value is -0.450. The maximum atomic E-state index is 5.01. The second-order valence-electron chi connectivity index (χ2n) is 2.53. The third kappa shape index (κ3) is 5.74. The van der Waals surface area contributed by atoms with Crippen molar-refractivity contribution in [1.29, 1.82) is 0 Å². The van der Waals surface area contributed by atoms with E-state index in [1.807, 2.05) is 12.1 Å². The van der Waals surface area contributed by atoms with Gasteiger partial charge in [-0.1, -0.05) is 0 Å². The summed E-state index contributed by atoms with van der Waals surface area (Å²) in [6, 6.07) is 3.82. The summed E-state index contributed by atoms with van der Waals surface area (Å²) in [7, 11) is 0. The Morgan fingerprint density at radius 3 is 2.38 bits per heavy atom. The number of aromatic nitrogens is 1. The predicted octanol–water partition coefficient (Wildman–Crippen LogP) is 1.45. The van der Waals surface area contributed by atoms with Crippen molar-refractivity contribution in [3.8, 4) is 0 Å². The van der Waals surface area contributed by atoms with Gasteiger partial charge in [0, 0.05) is 30.0 Å².